The number of halogens is 1. The Morgan fingerprint density at radius 1 is 1.23 bits per heavy atom. The first kappa shape index (κ1) is 17.0. The van der Waals surface area contributed by atoms with E-state index in [4.69, 9.17) is 11.6 Å². The zero-order valence-electron chi connectivity index (χ0n) is 14.3. The van der Waals surface area contributed by atoms with E-state index in [0.29, 0.717) is 11.7 Å². The van der Waals surface area contributed by atoms with Crippen molar-refractivity contribution < 1.29 is 4.79 Å². The van der Waals surface area contributed by atoms with Crippen LogP contribution in [0.3, 0.4) is 0 Å². The predicted octanol–water partition coefficient (Wildman–Crippen LogP) is 2.54. The summed E-state index contributed by atoms with van der Waals surface area (Å²) in [7, 11) is 3.97. The van der Waals surface area contributed by atoms with Crippen LogP contribution in [-0.2, 0) is 11.3 Å². The van der Waals surface area contributed by atoms with Crippen molar-refractivity contribution in [2.45, 2.75) is 18.0 Å². The quantitative estimate of drug-likeness (QED) is 0.496. The van der Waals surface area contributed by atoms with Crippen LogP contribution < -0.4 is 9.80 Å². The van der Waals surface area contributed by atoms with Gasteiger partial charge in [-0.1, -0.05) is 23.5 Å². The highest BCUT2D eigenvalue weighted by molar-refractivity contribution is 7.15. The van der Waals surface area contributed by atoms with E-state index in [2.05, 4.69) is 15.3 Å². The van der Waals surface area contributed by atoms with Gasteiger partial charge in [0.05, 0.1) is 12.6 Å². The summed E-state index contributed by atoms with van der Waals surface area (Å²) in [5.74, 6) is -0.143. The van der Waals surface area contributed by atoms with Gasteiger partial charge in [-0.05, 0) is 23.8 Å². The Kier molecular flexibility index (Phi) is 4.37. The van der Waals surface area contributed by atoms with Gasteiger partial charge in [0.25, 0.3) is 0 Å². The summed E-state index contributed by atoms with van der Waals surface area (Å²) in [6.07, 6.45) is 3.58. The predicted molar refractivity (Wildman–Crippen MR) is 102 cm³/mol. The summed E-state index contributed by atoms with van der Waals surface area (Å²) < 4.78 is 1.77. The van der Waals surface area contributed by atoms with Crippen molar-refractivity contribution in [3.8, 4) is 0 Å². The molecule has 1 aliphatic heterocycles. The number of benzene rings is 1. The van der Waals surface area contributed by atoms with Gasteiger partial charge in [0, 0.05) is 32.2 Å². The van der Waals surface area contributed by atoms with Gasteiger partial charge in [0.2, 0.25) is 11.0 Å². The lowest BCUT2D eigenvalue weighted by Gasteiger charge is -2.42. The average Bonchev–Trinajstić information content (AvgIpc) is 3.31. The lowest BCUT2D eigenvalue weighted by atomic mass is 9.94. The normalized spacial score (nSPS) is 19.5. The Labute approximate surface area is 159 Å². The van der Waals surface area contributed by atoms with E-state index in [9.17, 15) is 4.79 Å². The molecule has 4 rings (SSSR count). The van der Waals surface area contributed by atoms with E-state index in [-0.39, 0.29) is 11.9 Å². The summed E-state index contributed by atoms with van der Waals surface area (Å²) in [6.45, 7) is 0.527. The zero-order valence-corrected chi connectivity index (χ0v) is 15.9. The van der Waals surface area contributed by atoms with E-state index in [0.717, 1.165) is 16.3 Å². The fourth-order valence-electron chi connectivity index (χ4n) is 2.89. The molecule has 3 heterocycles. The van der Waals surface area contributed by atoms with Crippen LogP contribution in [0.2, 0.25) is 0 Å². The van der Waals surface area contributed by atoms with Crippen molar-refractivity contribution >= 4 is 39.7 Å². The van der Waals surface area contributed by atoms with Gasteiger partial charge in [-0.25, -0.2) is 0 Å². The molecular weight excluding hydrogens is 372 g/mol. The van der Waals surface area contributed by atoms with Crippen LogP contribution in [-0.4, -0.2) is 45.4 Å². The molecule has 0 radical (unpaired) electrons. The van der Waals surface area contributed by atoms with Gasteiger partial charge in [-0.3, -0.25) is 14.4 Å². The molecule has 0 saturated carbocycles. The largest absolute Gasteiger partial charge is 0.378 e. The maximum absolute atomic E-state index is 12.4. The maximum Gasteiger partial charge on any atom is 0.250 e. The molecule has 0 aliphatic carbocycles. The zero-order chi connectivity index (χ0) is 18.3. The summed E-state index contributed by atoms with van der Waals surface area (Å²) in [5, 5.41) is 13.3. The highest BCUT2D eigenvalue weighted by atomic mass is 35.5. The number of rotatable bonds is 5. The van der Waals surface area contributed by atoms with Crippen LogP contribution in [0.15, 0.2) is 42.7 Å². The highest BCUT2D eigenvalue weighted by Crippen LogP contribution is 2.43. The van der Waals surface area contributed by atoms with Crippen molar-refractivity contribution in [3.05, 3.63) is 53.3 Å². The minimum absolute atomic E-state index is 0.143. The van der Waals surface area contributed by atoms with Crippen molar-refractivity contribution in [2.24, 2.45) is 0 Å². The number of anilines is 2. The van der Waals surface area contributed by atoms with Gasteiger partial charge in [-0.15, -0.1) is 21.8 Å². The first-order valence-electron chi connectivity index (χ1n) is 8.09. The van der Waals surface area contributed by atoms with Crippen molar-refractivity contribution in [3.63, 3.8) is 0 Å². The Morgan fingerprint density at radius 2 is 2.00 bits per heavy atom. The number of hydrogen-bond acceptors (Lipinski definition) is 6. The number of alkyl halides is 1. The lowest BCUT2D eigenvalue weighted by Crippen LogP contribution is -2.56. The standard InChI is InChI=1S/C17H17ClN6OS/c1-22(2)12-6-4-11(5-7-12)15-14(18)16(25)24(15)17-21-20-13(26-17)10-23-9-3-8-19-23/h3-9,14-15H,10H2,1-2H3. The third-order valence-corrected chi connectivity index (χ3v) is 5.63. The van der Waals surface area contributed by atoms with Crippen molar-refractivity contribution in [1.82, 2.24) is 20.0 Å². The second-order valence-electron chi connectivity index (χ2n) is 6.22. The average molecular weight is 389 g/mol. The summed E-state index contributed by atoms with van der Waals surface area (Å²) in [5.41, 5.74) is 2.08. The van der Waals surface area contributed by atoms with E-state index in [1.807, 2.05) is 55.5 Å². The van der Waals surface area contributed by atoms with Crippen LogP contribution in [0, 0.1) is 0 Å². The van der Waals surface area contributed by atoms with E-state index in [1.165, 1.54) is 11.3 Å². The van der Waals surface area contributed by atoms with Gasteiger partial charge < -0.3 is 4.90 Å². The number of hydrogen-bond donors (Lipinski definition) is 0. The third kappa shape index (κ3) is 2.95. The molecule has 7 nitrogen and oxygen atoms in total. The molecule has 9 heteroatoms. The third-order valence-electron chi connectivity index (χ3n) is 4.30. The number of amides is 1. The van der Waals surface area contributed by atoms with Gasteiger partial charge in [0.15, 0.2) is 0 Å². The molecule has 1 aromatic carbocycles. The molecule has 0 N–H and O–H groups in total. The summed E-state index contributed by atoms with van der Waals surface area (Å²) in [6, 6.07) is 9.66. The summed E-state index contributed by atoms with van der Waals surface area (Å²) >= 11 is 7.69. The second kappa shape index (κ2) is 6.69. The maximum atomic E-state index is 12.4. The van der Waals surface area contributed by atoms with Gasteiger partial charge in [-0.2, -0.15) is 5.10 Å². The molecule has 0 spiro atoms. The van der Waals surface area contributed by atoms with E-state index in [1.54, 1.807) is 15.8 Å². The first-order chi connectivity index (χ1) is 12.5. The molecule has 1 fully saturated rings. The number of nitrogens with zero attached hydrogens (tertiary/aromatic N) is 6. The molecule has 2 unspecified atom stereocenters. The Balaban J connectivity index is 1.57. The monoisotopic (exact) mass is 388 g/mol. The number of carbonyl (C=O) groups is 1. The molecule has 2 aromatic heterocycles. The molecule has 26 heavy (non-hydrogen) atoms. The minimum Gasteiger partial charge on any atom is -0.378 e. The SMILES string of the molecule is CN(C)c1ccc(C2C(Cl)C(=O)N2c2nnc(Cn3cccn3)s2)cc1. The Bertz CT molecular complexity index is 908. The smallest absolute Gasteiger partial charge is 0.250 e. The van der Waals surface area contributed by atoms with E-state index < -0.39 is 5.38 Å². The molecule has 3 aromatic rings. The molecule has 2 atom stereocenters. The van der Waals surface area contributed by atoms with Gasteiger partial charge in [0.1, 0.15) is 10.4 Å². The van der Waals surface area contributed by atoms with Crippen LogP contribution >= 0.6 is 22.9 Å². The topological polar surface area (TPSA) is 67.2 Å². The van der Waals surface area contributed by atoms with Gasteiger partial charge >= 0.3 is 0 Å². The highest BCUT2D eigenvalue weighted by Gasteiger charge is 2.49. The van der Waals surface area contributed by atoms with Crippen LogP contribution in [0.1, 0.15) is 16.6 Å². The van der Waals surface area contributed by atoms with Crippen LogP contribution in [0.5, 0.6) is 0 Å². The van der Waals surface area contributed by atoms with Crippen molar-refractivity contribution in [1.29, 1.82) is 0 Å². The molecule has 1 aliphatic rings. The number of aromatic nitrogens is 4. The molecule has 134 valence electrons. The summed E-state index contributed by atoms with van der Waals surface area (Å²) in [4.78, 5) is 16.0. The molecule has 0 bridgehead atoms. The van der Waals surface area contributed by atoms with Crippen LogP contribution in [0.25, 0.3) is 0 Å². The molecule has 1 amide bonds. The first-order valence-corrected chi connectivity index (χ1v) is 9.34. The Hall–Kier alpha value is -2.45. The second-order valence-corrected chi connectivity index (χ2v) is 7.73. The fraction of sp³-hybridized carbons (Fsp3) is 0.294. The fourth-order valence-corrected chi connectivity index (χ4v) is 4.13. The van der Waals surface area contributed by atoms with Crippen LogP contribution in [0.4, 0.5) is 10.8 Å². The molecular formula is C17H17ClN6OS. The number of β-lactam (4-membered cyclic amide) rings is 1. The van der Waals surface area contributed by atoms with Crippen molar-refractivity contribution in [2.75, 3.05) is 23.9 Å². The minimum atomic E-state index is -0.585. The number of carbonyl (C=O) groups excluding carboxylic acids is 1. The molecule has 1 saturated heterocycles. The lowest BCUT2D eigenvalue weighted by molar-refractivity contribution is -0.123. The Morgan fingerprint density at radius 3 is 2.65 bits per heavy atom. The van der Waals surface area contributed by atoms with E-state index >= 15 is 0 Å².